The predicted octanol–water partition coefficient (Wildman–Crippen LogP) is 3.12. The number of ether oxygens (including phenoxy) is 1. The normalized spacial score (nSPS) is 39.6. The van der Waals surface area contributed by atoms with E-state index in [2.05, 4.69) is 0 Å². The second-order valence-corrected chi connectivity index (χ2v) is 7.30. The average molecular weight is 292 g/mol. The Morgan fingerprint density at radius 3 is 2.37 bits per heavy atom. The summed E-state index contributed by atoms with van der Waals surface area (Å²) < 4.78 is 28.0. The maximum atomic E-state index is 12.0. The van der Waals surface area contributed by atoms with Crippen LogP contribution in [0.5, 0.6) is 0 Å². The van der Waals surface area contributed by atoms with Crippen molar-refractivity contribution in [1.29, 1.82) is 0 Å². The third-order valence-corrected chi connectivity index (χ3v) is 5.34. The van der Waals surface area contributed by atoms with Crippen molar-refractivity contribution >= 4 is 7.82 Å². The summed E-state index contributed by atoms with van der Waals surface area (Å²) in [7, 11) is -3.98. The lowest BCUT2D eigenvalue weighted by Crippen LogP contribution is -2.26. The molecule has 5 atom stereocenters. The lowest BCUT2D eigenvalue weighted by molar-refractivity contribution is 0.0204. The number of phosphoric ester groups is 1. The van der Waals surface area contributed by atoms with Crippen LogP contribution in [0.15, 0.2) is 0 Å². The van der Waals surface area contributed by atoms with Crippen molar-refractivity contribution in [1.82, 2.24) is 0 Å². The zero-order valence-electron chi connectivity index (χ0n) is 11.9. The van der Waals surface area contributed by atoms with Gasteiger partial charge in [0.2, 0.25) is 0 Å². The SMILES string of the molecule is C[C@@H]1O[C@H](C)C(OP(=O)(O)OCC2CCCC2)[C@@H]1C. The molecule has 1 aliphatic carbocycles. The Morgan fingerprint density at radius 2 is 1.84 bits per heavy atom. The van der Waals surface area contributed by atoms with E-state index in [-0.39, 0.29) is 24.2 Å². The Morgan fingerprint density at radius 1 is 1.21 bits per heavy atom. The fourth-order valence-corrected chi connectivity index (χ4v) is 4.11. The molecule has 1 saturated heterocycles. The number of rotatable bonds is 5. The van der Waals surface area contributed by atoms with E-state index in [4.69, 9.17) is 13.8 Å². The van der Waals surface area contributed by atoms with Gasteiger partial charge in [-0.15, -0.1) is 0 Å². The Hall–Kier alpha value is 0.0700. The molecule has 0 aromatic rings. The summed E-state index contributed by atoms with van der Waals surface area (Å²) in [5.74, 6) is 0.489. The van der Waals surface area contributed by atoms with Gasteiger partial charge < -0.3 is 9.63 Å². The van der Waals surface area contributed by atoms with Gasteiger partial charge in [-0.2, -0.15) is 0 Å². The lowest BCUT2D eigenvalue weighted by Gasteiger charge is -2.22. The maximum Gasteiger partial charge on any atom is 0.472 e. The Kier molecular flexibility index (Phi) is 5.07. The maximum absolute atomic E-state index is 12.0. The van der Waals surface area contributed by atoms with E-state index < -0.39 is 7.82 Å². The van der Waals surface area contributed by atoms with Crippen LogP contribution < -0.4 is 0 Å². The molecule has 0 radical (unpaired) electrons. The first-order chi connectivity index (χ1) is 8.89. The van der Waals surface area contributed by atoms with Crippen LogP contribution in [0.25, 0.3) is 0 Å². The molecule has 112 valence electrons. The molecule has 0 amide bonds. The molecule has 5 nitrogen and oxygen atoms in total. The quantitative estimate of drug-likeness (QED) is 0.789. The Labute approximate surface area is 115 Å². The number of phosphoric acid groups is 1. The first-order valence-corrected chi connectivity index (χ1v) is 8.70. The topological polar surface area (TPSA) is 65.0 Å². The van der Waals surface area contributed by atoms with Crippen LogP contribution in [0.4, 0.5) is 0 Å². The summed E-state index contributed by atoms with van der Waals surface area (Å²) >= 11 is 0. The van der Waals surface area contributed by atoms with Gasteiger partial charge in [-0.3, -0.25) is 9.05 Å². The van der Waals surface area contributed by atoms with Crippen molar-refractivity contribution in [2.75, 3.05) is 6.61 Å². The van der Waals surface area contributed by atoms with E-state index in [1.807, 2.05) is 20.8 Å². The van der Waals surface area contributed by atoms with Crippen LogP contribution in [0, 0.1) is 11.8 Å². The van der Waals surface area contributed by atoms with Gasteiger partial charge in [0.25, 0.3) is 0 Å². The fraction of sp³-hybridized carbons (Fsp3) is 1.00. The minimum absolute atomic E-state index is 0.0369. The zero-order valence-corrected chi connectivity index (χ0v) is 12.8. The molecule has 6 heteroatoms. The zero-order chi connectivity index (χ0) is 14.0. The van der Waals surface area contributed by atoms with Gasteiger partial charge in [0, 0.05) is 5.92 Å². The van der Waals surface area contributed by atoms with Crippen LogP contribution in [0.2, 0.25) is 0 Å². The minimum atomic E-state index is -3.98. The molecule has 1 heterocycles. The van der Waals surface area contributed by atoms with Crippen molar-refractivity contribution in [3.05, 3.63) is 0 Å². The fourth-order valence-electron chi connectivity index (χ4n) is 2.98. The highest BCUT2D eigenvalue weighted by Crippen LogP contribution is 2.49. The number of hydrogen-bond donors (Lipinski definition) is 1. The first-order valence-electron chi connectivity index (χ1n) is 7.20. The van der Waals surface area contributed by atoms with Crippen molar-refractivity contribution in [3.63, 3.8) is 0 Å². The minimum Gasteiger partial charge on any atom is -0.372 e. The molecular weight excluding hydrogens is 267 g/mol. The third kappa shape index (κ3) is 4.02. The monoisotopic (exact) mass is 292 g/mol. The van der Waals surface area contributed by atoms with Gasteiger partial charge in [-0.25, -0.2) is 4.57 Å². The summed E-state index contributed by atoms with van der Waals surface area (Å²) in [5, 5.41) is 0. The molecule has 1 saturated carbocycles. The van der Waals surface area contributed by atoms with Crippen molar-refractivity contribution in [2.45, 2.75) is 64.8 Å². The molecule has 2 fully saturated rings. The molecule has 2 unspecified atom stereocenters. The molecular formula is C13H25O5P. The smallest absolute Gasteiger partial charge is 0.372 e. The summed E-state index contributed by atoms with van der Waals surface area (Å²) in [6.07, 6.45) is 4.01. The first kappa shape index (κ1) is 15.5. The molecule has 2 rings (SSSR count). The van der Waals surface area contributed by atoms with Crippen molar-refractivity contribution in [3.8, 4) is 0 Å². The highest BCUT2D eigenvalue weighted by Gasteiger charge is 2.42. The van der Waals surface area contributed by atoms with Crippen LogP contribution in [0.3, 0.4) is 0 Å². The molecule has 0 aromatic heterocycles. The van der Waals surface area contributed by atoms with Gasteiger partial charge >= 0.3 is 7.82 Å². The van der Waals surface area contributed by atoms with Crippen LogP contribution in [-0.2, 0) is 18.3 Å². The highest BCUT2D eigenvalue weighted by molar-refractivity contribution is 7.47. The largest absolute Gasteiger partial charge is 0.472 e. The van der Waals surface area contributed by atoms with E-state index in [1.54, 1.807) is 0 Å². The summed E-state index contributed by atoms with van der Waals surface area (Å²) in [4.78, 5) is 9.81. The Bertz CT molecular complexity index is 342. The second-order valence-electron chi connectivity index (χ2n) is 5.89. The highest BCUT2D eigenvalue weighted by atomic mass is 31.2. The van der Waals surface area contributed by atoms with Gasteiger partial charge in [0.15, 0.2) is 0 Å². The van der Waals surface area contributed by atoms with Gasteiger partial charge in [-0.1, -0.05) is 19.8 Å². The standard InChI is InChI=1S/C13H25O5P/c1-9-10(2)17-11(3)13(9)18-19(14,15)16-8-12-6-4-5-7-12/h9-13H,4-8H2,1-3H3,(H,14,15)/t9-,10+,11-,13?/m1/s1. The van der Waals surface area contributed by atoms with Gasteiger partial charge in [-0.05, 0) is 32.6 Å². The molecule has 1 N–H and O–H groups in total. The van der Waals surface area contributed by atoms with Gasteiger partial charge in [0.1, 0.15) is 6.10 Å². The van der Waals surface area contributed by atoms with Crippen LogP contribution >= 0.6 is 7.82 Å². The van der Waals surface area contributed by atoms with E-state index in [0.29, 0.717) is 12.5 Å². The lowest BCUT2D eigenvalue weighted by atomic mass is 10.0. The van der Waals surface area contributed by atoms with Gasteiger partial charge in [0.05, 0.1) is 18.8 Å². The summed E-state index contributed by atoms with van der Waals surface area (Å²) in [6.45, 7) is 6.10. The van der Waals surface area contributed by atoms with Crippen molar-refractivity contribution in [2.24, 2.45) is 11.8 Å². The summed E-state index contributed by atoms with van der Waals surface area (Å²) in [5.41, 5.74) is 0. The average Bonchev–Trinajstić information content (AvgIpc) is 2.92. The van der Waals surface area contributed by atoms with E-state index in [9.17, 15) is 9.46 Å². The van der Waals surface area contributed by atoms with E-state index in [0.717, 1.165) is 12.8 Å². The van der Waals surface area contributed by atoms with Crippen LogP contribution in [0.1, 0.15) is 46.5 Å². The molecule has 2 aliphatic rings. The van der Waals surface area contributed by atoms with Crippen molar-refractivity contribution < 1.29 is 23.2 Å². The van der Waals surface area contributed by atoms with E-state index >= 15 is 0 Å². The van der Waals surface area contributed by atoms with E-state index in [1.165, 1.54) is 12.8 Å². The molecule has 1 aliphatic heterocycles. The molecule has 0 aromatic carbocycles. The Balaban J connectivity index is 1.84. The number of hydrogen-bond acceptors (Lipinski definition) is 4. The third-order valence-electron chi connectivity index (χ3n) is 4.35. The molecule has 0 bridgehead atoms. The molecule has 0 spiro atoms. The van der Waals surface area contributed by atoms with Crippen LogP contribution in [-0.4, -0.2) is 29.8 Å². The second kappa shape index (κ2) is 6.23. The molecule has 19 heavy (non-hydrogen) atoms. The summed E-state index contributed by atoms with van der Waals surface area (Å²) in [6, 6.07) is 0. The predicted molar refractivity (Wildman–Crippen MR) is 71.8 cm³/mol.